The lowest BCUT2D eigenvalue weighted by Gasteiger charge is -2.16. The van der Waals surface area contributed by atoms with E-state index in [4.69, 9.17) is 21.1 Å². The Morgan fingerprint density at radius 3 is 2.78 bits per heavy atom. The van der Waals surface area contributed by atoms with Crippen LogP contribution >= 0.6 is 11.6 Å². The van der Waals surface area contributed by atoms with Crippen LogP contribution < -0.4 is 15.4 Å². The lowest BCUT2D eigenvalue weighted by atomic mass is 9.96. The van der Waals surface area contributed by atoms with Gasteiger partial charge in [0, 0.05) is 25.2 Å². The van der Waals surface area contributed by atoms with E-state index in [1.165, 1.54) is 12.0 Å². The van der Waals surface area contributed by atoms with Crippen molar-refractivity contribution in [3.05, 3.63) is 64.7 Å². The quantitative estimate of drug-likeness (QED) is 0.421. The second-order valence-corrected chi connectivity index (χ2v) is 8.74. The second kappa shape index (κ2) is 12.8. The number of halogens is 1. The summed E-state index contributed by atoms with van der Waals surface area (Å²) in [6, 6.07) is 15.4. The summed E-state index contributed by atoms with van der Waals surface area (Å²) in [5.74, 6) is 1.67. The predicted octanol–water partition coefficient (Wildman–Crippen LogP) is 3.69. The molecule has 174 valence electrons. The summed E-state index contributed by atoms with van der Waals surface area (Å²) in [5, 5.41) is 17.1. The van der Waals surface area contributed by atoms with Crippen LogP contribution in [0.2, 0.25) is 5.02 Å². The Balaban J connectivity index is 1.37. The number of nitrogens with one attached hydrogen (secondary N) is 2. The number of hydrogen-bond donors (Lipinski definition) is 3. The van der Waals surface area contributed by atoms with Gasteiger partial charge in [0.2, 0.25) is 0 Å². The first kappa shape index (κ1) is 24.5. The lowest BCUT2D eigenvalue weighted by molar-refractivity contribution is -0.123. The van der Waals surface area contributed by atoms with E-state index in [2.05, 4.69) is 22.8 Å². The summed E-state index contributed by atoms with van der Waals surface area (Å²) in [6.07, 6.45) is 2.90. The summed E-state index contributed by atoms with van der Waals surface area (Å²) in [6.45, 7) is 2.39. The van der Waals surface area contributed by atoms with Crippen LogP contribution in [0, 0.1) is 5.92 Å². The van der Waals surface area contributed by atoms with Crippen molar-refractivity contribution in [2.24, 2.45) is 5.92 Å². The number of rotatable bonds is 12. The van der Waals surface area contributed by atoms with Crippen molar-refractivity contribution in [2.45, 2.75) is 31.3 Å². The second-order valence-electron chi connectivity index (χ2n) is 8.31. The highest BCUT2D eigenvalue weighted by molar-refractivity contribution is 6.30. The van der Waals surface area contributed by atoms with Crippen molar-refractivity contribution >= 4 is 17.5 Å². The molecule has 0 radical (unpaired) electrons. The van der Waals surface area contributed by atoms with Crippen molar-refractivity contribution in [1.82, 2.24) is 10.6 Å². The molecule has 1 saturated carbocycles. The van der Waals surface area contributed by atoms with Gasteiger partial charge < -0.3 is 25.2 Å². The molecule has 0 bridgehead atoms. The van der Waals surface area contributed by atoms with Crippen molar-refractivity contribution in [3.8, 4) is 5.75 Å². The van der Waals surface area contributed by atoms with Gasteiger partial charge in [0.1, 0.15) is 5.75 Å². The molecule has 0 heterocycles. The van der Waals surface area contributed by atoms with Crippen molar-refractivity contribution in [3.63, 3.8) is 0 Å². The molecule has 32 heavy (non-hydrogen) atoms. The average Bonchev–Trinajstić information content (AvgIpc) is 3.27. The molecule has 1 aliphatic carbocycles. The summed E-state index contributed by atoms with van der Waals surface area (Å²) in [5.41, 5.74) is 2.15. The first-order valence-corrected chi connectivity index (χ1v) is 11.6. The van der Waals surface area contributed by atoms with Gasteiger partial charge >= 0.3 is 0 Å². The van der Waals surface area contributed by atoms with Gasteiger partial charge in [-0.1, -0.05) is 35.9 Å². The van der Waals surface area contributed by atoms with E-state index in [0.717, 1.165) is 24.9 Å². The van der Waals surface area contributed by atoms with Gasteiger partial charge in [0.15, 0.2) is 6.61 Å². The normalized spacial score (nSPS) is 19.0. The Hall–Kier alpha value is -2.12. The fourth-order valence-electron chi connectivity index (χ4n) is 4.15. The van der Waals surface area contributed by atoms with Crippen LogP contribution in [0.4, 0.5) is 0 Å². The lowest BCUT2D eigenvalue weighted by Crippen LogP contribution is -2.31. The first-order valence-electron chi connectivity index (χ1n) is 11.2. The molecule has 0 aromatic heterocycles. The minimum Gasteiger partial charge on any atom is -0.484 e. The Morgan fingerprint density at radius 1 is 1.22 bits per heavy atom. The number of amides is 1. The van der Waals surface area contributed by atoms with E-state index in [1.807, 2.05) is 30.3 Å². The fourth-order valence-corrected chi connectivity index (χ4v) is 4.35. The Bertz CT molecular complexity index is 846. The molecule has 0 spiro atoms. The minimum atomic E-state index is -0.555. The summed E-state index contributed by atoms with van der Waals surface area (Å²) < 4.78 is 10.5. The highest BCUT2D eigenvalue weighted by Gasteiger charge is 2.25. The number of carbonyl (C=O) groups is 1. The molecule has 1 aliphatic rings. The number of hydrogen-bond acceptors (Lipinski definition) is 5. The molecule has 1 fully saturated rings. The number of aliphatic hydroxyl groups excluding tert-OH is 1. The number of methoxy groups -OCH3 is 1. The number of ether oxygens (including phenoxy) is 2. The van der Waals surface area contributed by atoms with E-state index in [-0.39, 0.29) is 12.5 Å². The zero-order chi connectivity index (χ0) is 22.8. The third kappa shape index (κ3) is 7.78. The van der Waals surface area contributed by atoms with Crippen molar-refractivity contribution in [1.29, 1.82) is 0 Å². The van der Waals surface area contributed by atoms with Gasteiger partial charge in [-0.3, -0.25) is 4.79 Å². The Morgan fingerprint density at radius 2 is 2.03 bits per heavy atom. The molecule has 7 heteroatoms. The summed E-state index contributed by atoms with van der Waals surface area (Å²) in [4.78, 5) is 11.7. The van der Waals surface area contributed by atoms with Gasteiger partial charge in [0.25, 0.3) is 5.91 Å². The van der Waals surface area contributed by atoms with E-state index in [0.29, 0.717) is 42.3 Å². The minimum absolute atomic E-state index is 0.00126. The molecule has 3 N–H and O–H groups in total. The Kier molecular flexibility index (Phi) is 9.81. The molecule has 3 atom stereocenters. The monoisotopic (exact) mass is 460 g/mol. The SMILES string of the molecule is COCCNC(=O)COc1ccc(C2CCC(CNC[C@H](O)c3cccc(Cl)c3)C2)cc1. The highest BCUT2D eigenvalue weighted by Crippen LogP contribution is 2.38. The smallest absolute Gasteiger partial charge is 0.258 e. The van der Waals surface area contributed by atoms with Crippen LogP contribution in [0.15, 0.2) is 48.5 Å². The summed E-state index contributed by atoms with van der Waals surface area (Å²) >= 11 is 6.00. The van der Waals surface area contributed by atoms with Gasteiger partial charge in [0.05, 0.1) is 12.7 Å². The molecule has 2 aromatic carbocycles. The number of benzene rings is 2. The van der Waals surface area contributed by atoms with E-state index < -0.39 is 6.10 Å². The number of carbonyl (C=O) groups excluding carboxylic acids is 1. The van der Waals surface area contributed by atoms with Gasteiger partial charge in [-0.2, -0.15) is 0 Å². The van der Waals surface area contributed by atoms with E-state index in [1.54, 1.807) is 13.2 Å². The van der Waals surface area contributed by atoms with Crippen molar-refractivity contribution < 1.29 is 19.4 Å². The van der Waals surface area contributed by atoms with Crippen molar-refractivity contribution in [2.75, 3.05) is 40.0 Å². The number of aliphatic hydroxyl groups is 1. The molecule has 0 aliphatic heterocycles. The largest absolute Gasteiger partial charge is 0.484 e. The van der Waals surface area contributed by atoms with Crippen LogP contribution in [-0.4, -0.2) is 51.0 Å². The summed E-state index contributed by atoms with van der Waals surface area (Å²) in [7, 11) is 1.60. The third-order valence-electron chi connectivity index (χ3n) is 5.90. The topological polar surface area (TPSA) is 79.8 Å². The molecular weight excluding hydrogens is 428 g/mol. The maximum absolute atomic E-state index is 11.7. The Labute approximate surface area is 195 Å². The molecule has 1 amide bonds. The van der Waals surface area contributed by atoms with Gasteiger partial charge in [-0.15, -0.1) is 0 Å². The van der Waals surface area contributed by atoms with Gasteiger partial charge in [-0.05, 0) is 73.0 Å². The maximum atomic E-state index is 11.7. The van der Waals surface area contributed by atoms with Crippen LogP contribution in [0.3, 0.4) is 0 Å². The average molecular weight is 461 g/mol. The van der Waals surface area contributed by atoms with Crippen LogP contribution in [-0.2, 0) is 9.53 Å². The predicted molar refractivity (Wildman–Crippen MR) is 126 cm³/mol. The maximum Gasteiger partial charge on any atom is 0.258 e. The van der Waals surface area contributed by atoms with Crippen LogP contribution in [0.25, 0.3) is 0 Å². The highest BCUT2D eigenvalue weighted by atomic mass is 35.5. The molecule has 3 rings (SSSR count). The zero-order valence-corrected chi connectivity index (χ0v) is 19.3. The third-order valence-corrected chi connectivity index (χ3v) is 6.13. The van der Waals surface area contributed by atoms with Crippen LogP contribution in [0.1, 0.15) is 42.4 Å². The standard InChI is InChI=1S/C25H33ClN2O4/c1-31-12-11-28-25(30)17-32-23-9-7-19(8-10-23)20-6-5-18(13-20)15-27-16-24(29)21-3-2-4-22(26)14-21/h2-4,7-10,14,18,20,24,27,29H,5-6,11-13,15-17H2,1H3,(H,28,30)/t18?,20?,24-/m0/s1. The zero-order valence-electron chi connectivity index (χ0n) is 18.6. The van der Waals surface area contributed by atoms with E-state index >= 15 is 0 Å². The molecule has 6 nitrogen and oxygen atoms in total. The molecule has 2 aromatic rings. The van der Waals surface area contributed by atoms with Gasteiger partial charge in [-0.25, -0.2) is 0 Å². The molecular formula is C25H33ClN2O4. The first-order chi connectivity index (χ1) is 15.5. The molecule has 2 unspecified atom stereocenters. The van der Waals surface area contributed by atoms with Crippen LogP contribution in [0.5, 0.6) is 5.75 Å². The van der Waals surface area contributed by atoms with E-state index in [9.17, 15) is 9.90 Å². The molecule has 0 saturated heterocycles. The fraction of sp³-hybridized carbons (Fsp3) is 0.480.